The van der Waals surface area contributed by atoms with Crippen LogP contribution in [-0.2, 0) is 11.3 Å². The molecule has 0 spiro atoms. The standard InChI is InChI=1S/C24H22BrN7O/c25-15-5-6-19-17(11-15)20(23(33)28-19)21-18-13-32(16-3-1-2-4-16)31-22(18)30-24(29-21)27-12-14-7-9-26-10-8-14/h5-11,13,16,20H,1-4,12H2,(H,28,33)(H,27,30,31). The molecular weight excluding hydrogens is 482 g/mol. The summed E-state index contributed by atoms with van der Waals surface area (Å²) in [6.45, 7) is 0.551. The molecule has 4 heterocycles. The summed E-state index contributed by atoms with van der Waals surface area (Å²) in [5.41, 5.74) is 4.08. The van der Waals surface area contributed by atoms with Crippen LogP contribution in [0.4, 0.5) is 11.6 Å². The number of carbonyl (C=O) groups excluding carboxylic acids is 1. The Hall–Kier alpha value is -3.33. The van der Waals surface area contributed by atoms with Crippen molar-refractivity contribution >= 4 is 44.5 Å². The number of amides is 1. The first kappa shape index (κ1) is 20.3. The smallest absolute Gasteiger partial charge is 0.238 e. The summed E-state index contributed by atoms with van der Waals surface area (Å²) in [4.78, 5) is 26.7. The molecule has 0 radical (unpaired) electrons. The molecule has 33 heavy (non-hydrogen) atoms. The van der Waals surface area contributed by atoms with Gasteiger partial charge in [0.25, 0.3) is 0 Å². The van der Waals surface area contributed by atoms with E-state index in [1.165, 1.54) is 12.8 Å². The number of nitrogens with zero attached hydrogens (tertiary/aromatic N) is 5. The molecule has 1 aliphatic heterocycles. The topological polar surface area (TPSA) is 97.6 Å². The summed E-state index contributed by atoms with van der Waals surface area (Å²) in [5.74, 6) is -0.148. The van der Waals surface area contributed by atoms with Gasteiger partial charge in [-0.25, -0.2) is 4.98 Å². The van der Waals surface area contributed by atoms with Gasteiger partial charge in [-0.15, -0.1) is 0 Å². The highest BCUT2D eigenvalue weighted by Crippen LogP contribution is 2.41. The highest BCUT2D eigenvalue weighted by Gasteiger charge is 2.36. The van der Waals surface area contributed by atoms with Crippen LogP contribution in [0.3, 0.4) is 0 Å². The van der Waals surface area contributed by atoms with Gasteiger partial charge in [0.15, 0.2) is 5.65 Å². The summed E-state index contributed by atoms with van der Waals surface area (Å²) in [7, 11) is 0. The first-order valence-electron chi connectivity index (χ1n) is 11.2. The van der Waals surface area contributed by atoms with Gasteiger partial charge in [0.1, 0.15) is 5.92 Å². The third-order valence-corrected chi connectivity index (χ3v) is 6.94. The van der Waals surface area contributed by atoms with Crippen LogP contribution in [0.25, 0.3) is 11.0 Å². The van der Waals surface area contributed by atoms with Gasteiger partial charge in [0, 0.05) is 35.3 Å². The van der Waals surface area contributed by atoms with Crippen molar-refractivity contribution in [2.45, 2.75) is 44.2 Å². The van der Waals surface area contributed by atoms with Gasteiger partial charge >= 0.3 is 0 Å². The number of carbonyl (C=O) groups is 1. The fourth-order valence-electron chi connectivity index (χ4n) is 4.79. The zero-order valence-electron chi connectivity index (χ0n) is 17.8. The zero-order chi connectivity index (χ0) is 22.4. The third kappa shape index (κ3) is 3.76. The van der Waals surface area contributed by atoms with Crippen LogP contribution < -0.4 is 10.6 Å². The lowest BCUT2D eigenvalue weighted by Gasteiger charge is -2.12. The molecule has 8 nitrogen and oxygen atoms in total. The lowest BCUT2D eigenvalue weighted by molar-refractivity contribution is -0.116. The first-order chi connectivity index (χ1) is 16.2. The number of anilines is 2. The molecule has 166 valence electrons. The number of halogens is 1. The molecule has 9 heteroatoms. The highest BCUT2D eigenvalue weighted by atomic mass is 79.9. The second-order valence-electron chi connectivity index (χ2n) is 8.58. The Morgan fingerprint density at radius 1 is 1.12 bits per heavy atom. The van der Waals surface area contributed by atoms with Crippen molar-refractivity contribution in [3.05, 3.63) is 70.2 Å². The minimum absolute atomic E-state index is 0.0863. The summed E-state index contributed by atoms with van der Waals surface area (Å²) in [5, 5.41) is 11.9. The second kappa shape index (κ2) is 8.22. The molecule has 1 unspecified atom stereocenters. The number of benzene rings is 1. The molecule has 1 atom stereocenters. The molecule has 6 rings (SSSR count). The fourth-order valence-corrected chi connectivity index (χ4v) is 5.16. The van der Waals surface area contributed by atoms with E-state index in [-0.39, 0.29) is 5.91 Å². The summed E-state index contributed by atoms with van der Waals surface area (Å²) in [6, 6.07) is 10.1. The van der Waals surface area contributed by atoms with Gasteiger partial charge in [-0.3, -0.25) is 14.5 Å². The number of fused-ring (bicyclic) bond motifs is 2. The maximum absolute atomic E-state index is 13.1. The Balaban J connectivity index is 1.46. The van der Waals surface area contributed by atoms with Crippen molar-refractivity contribution in [2.24, 2.45) is 0 Å². The quantitative estimate of drug-likeness (QED) is 0.406. The summed E-state index contributed by atoms with van der Waals surface area (Å²) in [6.07, 6.45) is 10.2. The van der Waals surface area contributed by atoms with Crippen LogP contribution in [0.1, 0.15) is 54.5 Å². The lowest BCUT2D eigenvalue weighted by Crippen LogP contribution is -2.16. The molecule has 0 bridgehead atoms. The normalized spacial score (nSPS) is 18.0. The monoisotopic (exact) mass is 503 g/mol. The largest absolute Gasteiger partial charge is 0.350 e. The minimum Gasteiger partial charge on any atom is -0.350 e. The fraction of sp³-hybridized carbons (Fsp3) is 0.292. The number of aromatic nitrogens is 5. The molecule has 1 saturated carbocycles. The number of hydrogen-bond acceptors (Lipinski definition) is 6. The van der Waals surface area contributed by atoms with Crippen LogP contribution in [0.15, 0.2) is 53.4 Å². The molecule has 0 saturated heterocycles. The Morgan fingerprint density at radius 2 is 1.94 bits per heavy atom. The first-order valence-corrected chi connectivity index (χ1v) is 11.9. The average Bonchev–Trinajstić information content (AvgIpc) is 3.56. The average molecular weight is 504 g/mol. The second-order valence-corrected chi connectivity index (χ2v) is 9.50. The SMILES string of the molecule is O=C1Nc2ccc(Br)cc2C1c1nc(NCc2ccncc2)nc2nn(C3CCCC3)cc12. The Labute approximate surface area is 199 Å². The molecule has 4 aromatic rings. The molecule has 3 aromatic heterocycles. The maximum atomic E-state index is 13.1. The lowest BCUT2D eigenvalue weighted by atomic mass is 9.95. The maximum Gasteiger partial charge on any atom is 0.238 e. The Morgan fingerprint density at radius 3 is 2.76 bits per heavy atom. The van der Waals surface area contributed by atoms with Gasteiger partial charge in [-0.05, 0) is 54.3 Å². The number of nitrogens with one attached hydrogen (secondary N) is 2. The van der Waals surface area contributed by atoms with E-state index in [4.69, 9.17) is 15.1 Å². The van der Waals surface area contributed by atoms with Gasteiger partial charge in [0.2, 0.25) is 11.9 Å². The minimum atomic E-state index is -0.522. The van der Waals surface area contributed by atoms with Gasteiger partial charge < -0.3 is 10.6 Å². The number of hydrogen-bond donors (Lipinski definition) is 2. The van der Waals surface area contributed by atoms with E-state index < -0.39 is 5.92 Å². The van der Waals surface area contributed by atoms with Gasteiger partial charge in [-0.2, -0.15) is 10.1 Å². The molecular formula is C24H22BrN7O. The molecule has 2 aliphatic rings. The Bertz CT molecular complexity index is 1350. The van der Waals surface area contributed by atoms with Crippen molar-refractivity contribution < 1.29 is 4.79 Å². The molecule has 1 amide bonds. The van der Waals surface area contributed by atoms with E-state index >= 15 is 0 Å². The summed E-state index contributed by atoms with van der Waals surface area (Å²) >= 11 is 3.54. The van der Waals surface area contributed by atoms with Crippen molar-refractivity contribution in [2.75, 3.05) is 10.6 Å². The zero-order valence-corrected chi connectivity index (χ0v) is 19.4. The highest BCUT2D eigenvalue weighted by molar-refractivity contribution is 9.10. The van der Waals surface area contributed by atoms with Crippen molar-refractivity contribution in [1.29, 1.82) is 0 Å². The van der Waals surface area contributed by atoms with E-state index in [0.29, 0.717) is 29.9 Å². The van der Waals surface area contributed by atoms with E-state index in [9.17, 15) is 4.79 Å². The third-order valence-electron chi connectivity index (χ3n) is 6.44. The van der Waals surface area contributed by atoms with Gasteiger partial charge in [0.05, 0.1) is 17.1 Å². The van der Waals surface area contributed by atoms with Crippen molar-refractivity contribution in [1.82, 2.24) is 24.7 Å². The molecule has 1 aromatic carbocycles. The predicted octanol–water partition coefficient (Wildman–Crippen LogP) is 4.80. The Kier molecular flexibility index (Phi) is 5.05. The van der Waals surface area contributed by atoms with Crippen LogP contribution in [0.2, 0.25) is 0 Å². The van der Waals surface area contributed by atoms with E-state index in [1.54, 1.807) is 12.4 Å². The number of rotatable bonds is 5. The number of pyridine rings is 1. The van der Waals surface area contributed by atoms with Crippen LogP contribution >= 0.6 is 15.9 Å². The molecule has 1 fully saturated rings. The van der Waals surface area contributed by atoms with Crippen molar-refractivity contribution in [3.63, 3.8) is 0 Å². The van der Waals surface area contributed by atoms with Crippen LogP contribution in [0, 0.1) is 0 Å². The van der Waals surface area contributed by atoms with Crippen molar-refractivity contribution in [3.8, 4) is 0 Å². The molecule has 1 aliphatic carbocycles. The molecule has 2 N–H and O–H groups in total. The van der Waals surface area contributed by atoms with E-state index in [2.05, 4.69) is 31.5 Å². The van der Waals surface area contributed by atoms with Gasteiger partial charge in [-0.1, -0.05) is 28.8 Å². The summed E-state index contributed by atoms with van der Waals surface area (Å²) < 4.78 is 2.95. The van der Waals surface area contributed by atoms with Crippen LogP contribution in [-0.4, -0.2) is 30.6 Å². The van der Waals surface area contributed by atoms with E-state index in [0.717, 1.165) is 39.5 Å². The van der Waals surface area contributed by atoms with Crippen LogP contribution in [0.5, 0.6) is 0 Å². The predicted molar refractivity (Wildman–Crippen MR) is 129 cm³/mol. The van der Waals surface area contributed by atoms with E-state index in [1.807, 2.05) is 41.2 Å².